The topological polar surface area (TPSA) is 64.3 Å². The van der Waals surface area contributed by atoms with E-state index >= 15 is 0 Å². The summed E-state index contributed by atoms with van der Waals surface area (Å²) in [6.07, 6.45) is -1.97. The first-order valence-electron chi connectivity index (χ1n) is 5.13. The molecule has 0 bridgehead atoms. The highest BCUT2D eigenvalue weighted by molar-refractivity contribution is 8.14. The fourth-order valence-corrected chi connectivity index (χ4v) is 3.71. The van der Waals surface area contributed by atoms with Crippen LogP contribution in [0.4, 0.5) is 13.2 Å². The normalized spacial score (nSPS) is 13.0. The molecule has 0 saturated heterocycles. The monoisotopic (exact) mass is 345 g/mol. The summed E-state index contributed by atoms with van der Waals surface area (Å²) in [6, 6.07) is 0.866. The summed E-state index contributed by atoms with van der Waals surface area (Å²) in [6.45, 7) is 0. The van der Waals surface area contributed by atoms with Crippen molar-refractivity contribution in [1.29, 1.82) is 0 Å². The highest BCUT2D eigenvalue weighted by Gasteiger charge is 2.34. The molecule has 0 aliphatic rings. The van der Waals surface area contributed by atoms with Crippen LogP contribution in [-0.4, -0.2) is 34.5 Å². The predicted molar refractivity (Wildman–Crippen MR) is 68.4 cm³/mol. The Morgan fingerprint density at radius 3 is 2.70 bits per heavy atom. The fourth-order valence-electron chi connectivity index (χ4n) is 1.39. The Bertz CT molecular complexity index is 730. The summed E-state index contributed by atoms with van der Waals surface area (Å²) in [5.74, 6) is -0.215. The number of hydrogen-bond acceptors (Lipinski definition) is 5. The molecule has 0 aliphatic heterocycles. The zero-order chi connectivity index (χ0) is 15.0. The van der Waals surface area contributed by atoms with E-state index in [0.29, 0.717) is 0 Å². The van der Waals surface area contributed by atoms with Gasteiger partial charge in [0.05, 0.1) is 11.3 Å². The highest BCUT2D eigenvalue weighted by atomic mass is 35.7. The van der Waals surface area contributed by atoms with E-state index in [9.17, 15) is 21.6 Å². The van der Waals surface area contributed by atoms with Crippen LogP contribution in [-0.2, 0) is 15.2 Å². The third kappa shape index (κ3) is 3.76. The lowest BCUT2D eigenvalue weighted by Gasteiger charge is -2.01. The predicted octanol–water partition coefficient (Wildman–Crippen LogP) is 2.41. The van der Waals surface area contributed by atoms with Crippen LogP contribution in [0.25, 0.3) is 5.52 Å². The molecule has 2 aromatic heterocycles. The lowest BCUT2D eigenvalue weighted by atomic mass is 10.4. The lowest BCUT2D eigenvalue weighted by Crippen LogP contribution is -2.05. The maximum atomic E-state index is 12.6. The number of fused-ring (bicyclic) bond motifs is 1. The zero-order valence-corrected chi connectivity index (χ0v) is 12.0. The SMILES string of the molecule is O=S(=O)(Cl)CCSc1nccn2nc(C(F)(F)F)cc12. The molecule has 0 N–H and O–H groups in total. The first kappa shape index (κ1) is 15.4. The molecule has 11 heteroatoms. The number of thioether (sulfide) groups is 1. The van der Waals surface area contributed by atoms with E-state index in [-0.39, 0.29) is 22.0 Å². The molecule has 20 heavy (non-hydrogen) atoms. The Hall–Kier alpha value is -1.00. The van der Waals surface area contributed by atoms with Crippen molar-refractivity contribution in [2.24, 2.45) is 0 Å². The van der Waals surface area contributed by atoms with E-state index in [1.54, 1.807) is 0 Å². The molecule has 0 aliphatic carbocycles. The maximum absolute atomic E-state index is 12.6. The standard InChI is InChI=1S/C9H7ClF3N3O2S2/c10-20(17,18)4-3-19-8-6-5-7(9(11,12)13)15-16(6)2-1-14-8/h1-2,5H,3-4H2. The third-order valence-corrected chi connectivity index (χ3v) is 4.62. The Labute approximate surface area is 120 Å². The van der Waals surface area contributed by atoms with Crippen LogP contribution in [0.15, 0.2) is 23.5 Å². The van der Waals surface area contributed by atoms with Crippen molar-refractivity contribution in [3.63, 3.8) is 0 Å². The molecule has 0 unspecified atom stereocenters. The van der Waals surface area contributed by atoms with Crippen molar-refractivity contribution in [3.05, 3.63) is 24.2 Å². The summed E-state index contributed by atoms with van der Waals surface area (Å²) in [5.41, 5.74) is -0.867. The van der Waals surface area contributed by atoms with Gasteiger partial charge in [-0.15, -0.1) is 11.8 Å². The second kappa shape index (κ2) is 5.41. The number of aromatic nitrogens is 3. The fraction of sp³-hybridized carbons (Fsp3) is 0.333. The maximum Gasteiger partial charge on any atom is 0.435 e. The Morgan fingerprint density at radius 1 is 1.40 bits per heavy atom. The minimum Gasteiger partial charge on any atom is -0.246 e. The van der Waals surface area contributed by atoms with E-state index in [1.165, 1.54) is 12.4 Å². The first-order chi connectivity index (χ1) is 9.17. The number of halogens is 4. The molecule has 0 amide bonds. The van der Waals surface area contributed by atoms with Crippen LogP contribution < -0.4 is 0 Å². The van der Waals surface area contributed by atoms with Gasteiger partial charge >= 0.3 is 6.18 Å². The highest BCUT2D eigenvalue weighted by Crippen LogP contribution is 2.31. The largest absolute Gasteiger partial charge is 0.435 e. The summed E-state index contributed by atoms with van der Waals surface area (Å²) >= 11 is 0.998. The summed E-state index contributed by atoms with van der Waals surface area (Å²) in [5, 5.41) is 3.66. The van der Waals surface area contributed by atoms with Gasteiger partial charge < -0.3 is 0 Å². The number of rotatable bonds is 4. The average Bonchev–Trinajstić information content (AvgIpc) is 2.71. The van der Waals surface area contributed by atoms with Crippen LogP contribution in [0.1, 0.15) is 5.69 Å². The quantitative estimate of drug-likeness (QED) is 0.629. The molecular formula is C9H7ClF3N3O2S2. The molecule has 2 rings (SSSR count). The minimum atomic E-state index is -4.55. The first-order valence-corrected chi connectivity index (χ1v) is 8.60. The van der Waals surface area contributed by atoms with E-state index in [1.807, 2.05) is 0 Å². The van der Waals surface area contributed by atoms with Crippen molar-refractivity contribution < 1.29 is 21.6 Å². The van der Waals surface area contributed by atoms with E-state index in [2.05, 4.69) is 10.1 Å². The van der Waals surface area contributed by atoms with Gasteiger partial charge in [-0.3, -0.25) is 0 Å². The molecule has 0 atom stereocenters. The molecule has 0 spiro atoms. The van der Waals surface area contributed by atoms with E-state index in [0.717, 1.165) is 22.3 Å². The van der Waals surface area contributed by atoms with E-state index in [4.69, 9.17) is 10.7 Å². The van der Waals surface area contributed by atoms with Gasteiger partial charge in [0.25, 0.3) is 0 Å². The van der Waals surface area contributed by atoms with Crippen molar-refractivity contribution >= 4 is 37.0 Å². The number of hydrogen-bond donors (Lipinski definition) is 0. The molecule has 5 nitrogen and oxygen atoms in total. The van der Waals surface area contributed by atoms with Crippen molar-refractivity contribution in [2.45, 2.75) is 11.2 Å². The van der Waals surface area contributed by atoms with Gasteiger partial charge in [0, 0.05) is 28.8 Å². The summed E-state index contributed by atoms with van der Waals surface area (Å²) in [4.78, 5) is 3.92. The van der Waals surface area contributed by atoms with Crippen LogP contribution in [0.3, 0.4) is 0 Å². The average molecular weight is 346 g/mol. The Kier molecular flexibility index (Phi) is 4.17. The molecule has 0 fully saturated rings. The molecule has 0 radical (unpaired) electrons. The van der Waals surface area contributed by atoms with Crippen LogP contribution in [0, 0.1) is 0 Å². The Morgan fingerprint density at radius 2 is 2.10 bits per heavy atom. The van der Waals surface area contributed by atoms with Gasteiger partial charge in [0.1, 0.15) is 5.03 Å². The van der Waals surface area contributed by atoms with Gasteiger partial charge in [-0.05, 0) is 6.07 Å². The van der Waals surface area contributed by atoms with Gasteiger partial charge in [0.15, 0.2) is 5.69 Å². The lowest BCUT2D eigenvalue weighted by molar-refractivity contribution is -0.141. The molecule has 110 valence electrons. The van der Waals surface area contributed by atoms with Crippen molar-refractivity contribution in [2.75, 3.05) is 11.5 Å². The molecule has 0 saturated carbocycles. The Balaban J connectivity index is 2.28. The third-order valence-electron chi connectivity index (χ3n) is 2.21. The van der Waals surface area contributed by atoms with Crippen LogP contribution in [0.5, 0.6) is 0 Å². The molecule has 0 aromatic carbocycles. The van der Waals surface area contributed by atoms with Gasteiger partial charge in [0.2, 0.25) is 9.05 Å². The second-order valence-corrected chi connectivity index (χ2v) is 7.66. The van der Waals surface area contributed by atoms with Crippen LogP contribution >= 0.6 is 22.4 Å². The van der Waals surface area contributed by atoms with Gasteiger partial charge in [-0.2, -0.15) is 18.3 Å². The van der Waals surface area contributed by atoms with Crippen molar-refractivity contribution in [3.8, 4) is 0 Å². The van der Waals surface area contributed by atoms with E-state index < -0.39 is 20.9 Å². The number of nitrogens with zero attached hydrogens (tertiary/aromatic N) is 3. The van der Waals surface area contributed by atoms with Crippen LogP contribution in [0.2, 0.25) is 0 Å². The van der Waals surface area contributed by atoms with Gasteiger partial charge in [-0.25, -0.2) is 17.9 Å². The second-order valence-electron chi connectivity index (χ2n) is 3.68. The van der Waals surface area contributed by atoms with Crippen molar-refractivity contribution in [1.82, 2.24) is 14.6 Å². The smallest absolute Gasteiger partial charge is 0.246 e. The molecule has 2 aromatic rings. The summed E-state index contributed by atoms with van der Waals surface area (Å²) < 4.78 is 60.3. The van der Waals surface area contributed by atoms with Gasteiger partial charge in [-0.1, -0.05) is 0 Å². The molecule has 2 heterocycles. The summed E-state index contributed by atoms with van der Waals surface area (Å²) in [7, 11) is 1.41. The number of alkyl halides is 3. The zero-order valence-electron chi connectivity index (χ0n) is 9.63. The minimum absolute atomic E-state index is 0.0883. The molecular weight excluding hydrogens is 339 g/mol.